The molecule has 1 N–H and O–H groups in total. The largest absolute Gasteiger partial charge is 0.370 e. The standard InChI is InChI=1S/C22H26N2O/c1-4-10-17(11-5-1)21-22(18-12-6-2-7-13-18)24-20(23-21)16-25-19-14-8-3-9-15-19/h1-2,4-7,10-13,19,21-22H,3,8-9,14-16H2,(H,23,24). The first-order chi connectivity index (χ1) is 12.4. The van der Waals surface area contributed by atoms with Gasteiger partial charge in [0.25, 0.3) is 0 Å². The van der Waals surface area contributed by atoms with Crippen LogP contribution >= 0.6 is 0 Å². The van der Waals surface area contributed by atoms with Gasteiger partial charge in [0.1, 0.15) is 18.5 Å². The molecule has 0 saturated heterocycles. The van der Waals surface area contributed by atoms with Gasteiger partial charge in [-0.3, -0.25) is 4.99 Å². The topological polar surface area (TPSA) is 33.6 Å². The summed E-state index contributed by atoms with van der Waals surface area (Å²) in [5.74, 6) is 0.980. The Morgan fingerprint density at radius 3 is 2.16 bits per heavy atom. The summed E-state index contributed by atoms with van der Waals surface area (Å²) in [4.78, 5) is 4.98. The Hall–Kier alpha value is -2.13. The van der Waals surface area contributed by atoms with Crippen LogP contribution < -0.4 is 5.32 Å². The van der Waals surface area contributed by atoms with Gasteiger partial charge in [-0.1, -0.05) is 79.9 Å². The molecule has 0 bridgehead atoms. The Labute approximate surface area is 150 Å². The molecular formula is C22H26N2O. The maximum absolute atomic E-state index is 6.14. The molecule has 1 heterocycles. The Bertz CT molecular complexity index is 692. The van der Waals surface area contributed by atoms with Crippen LogP contribution in [-0.2, 0) is 4.74 Å². The van der Waals surface area contributed by atoms with Gasteiger partial charge in [0.2, 0.25) is 0 Å². The third kappa shape index (κ3) is 3.93. The number of nitrogens with one attached hydrogen (secondary N) is 1. The molecule has 25 heavy (non-hydrogen) atoms. The van der Waals surface area contributed by atoms with Gasteiger partial charge in [-0.05, 0) is 24.0 Å². The molecule has 0 radical (unpaired) electrons. The first-order valence-electron chi connectivity index (χ1n) is 9.45. The predicted octanol–water partition coefficient (Wildman–Crippen LogP) is 4.82. The van der Waals surface area contributed by atoms with E-state index >= 15 is 0 Å². The van der Waals surface area contributed by atoms with Crippen molar-refractivity contribution >= 4 is 5.84 Å². The minimum Gasteiger partial charge on any atom is -0.370 e. The van der Waals surface area contributed by atoms with Crippen molar-refractivity contribution in [3.63, 3.8) is 0 Å². The first-order valence-corrected chi connectivity index (χ1v) is 9.45. The Morgan fingerprint density at radius 2 is 1.48 bits per heavy atom. The summed E-state index contributed by atoms with van der Waals surface area (Å²) in [6.07, 6.45) is 6.73. The highest BCUT2D eigenvalue weighted by Gasteiger charge is 2.31. The molecule has 2 aromatic carbocycles. The maximum atomic E-state index is 6.14. The SMILES string of the molecule is c1ccc(C2N=C(COC3CCCCC3)NC2c2ccccc2)cc1. The van der Waals surface area contributed by atoms with Crippen LogP contribution in [0.3, 0.4) is 0 Å². The summed E-state index contributed by atoms with van der Waals surface area (Å²) in [5, 5.41) is 3.62. The molecule has 1 fully saturated rings. The molecule has 1 aliphatic heterocycles. The molecule has 1 saturated carbocycles. The van der Waals surface area contributed by atoms with Crippen LogP contribution in [0.25, 0.3) is 0 Å². The number of nitrogens with zero attached hydrogens (tertiary/aromatic N) is 1. The van der Waals surface area contributed by atoms with Gasteiger partial charge >= 0.3 is 0 Å². The second-order valence-corrected chi connectivity index (χ2v) is 7.04. The first kappa shape index (κ1) is 16.3. The average Bonchev–Trinajstić information content (AvgIpc) is 3.13. The highest BCUT2D eigenvalue weighted by atomic mass is 16.5. The van der Waals surface area contributed by atoms with E-state index in [1.165, 1.54) is 43.2 Å². The number of aliphatic imine (C=N–C) groups is 1. The zero-order chi connectivity index (χ0) is 16.9. The van der Waals surface area contributed by atoms with Crippen LogP contribution in [0.15, 0.2) is 65.7 Å². The fourth-order valence-corrected chi connectivity index (χ4v) is 3.89. The van der Waals surface area contributed by atoms with Crippen molar-refractivity contribution in [1.82, 2.24) is 5.32 Å². The number of benzene rings is 2. The van der Waals surface area contributed by atoms with E-state index in [-0.39, 0.29) is 12.1 Å². The van der Waals surface area contributed by atoms with E-state index in [9.17, 15) is 0 Å². The van der Waals surface area contributed by atoms with Crippen molar-refractivity contribution in [3.05, 3.63) is 71.8 Å². The molecule has 0 spiro atoms. The molecule has 3 nitrogen and oxygen atoms in total. The molecule has 0 amide bonds. The average molecular weight is 334 g/mol. The number of ether oxygens (including phenoxy) is 1. The zero-order valence-corrected chi connectivity index (χ0v) is 14.6. The van der Waals surface area contributed by atoms with Crippen molar-refractivity contribution in [2.24, 2.45) is 4.99 Å². The molecule has 0 aromatic heterocycles. The van der Waals surface area contributed by atoms with Crippen LogP contribution in [0, 0.1) is 0 Å². The Morgan fingerprint density at radius 1 is 0.840 bits per heavy atom. The van der Waals surface area contributed by atoms with E-state index in [1.807, 2.05) is 0 Å². The molecule has 3 heteroatoms. The van der Waals surface area contributed by atoms with Gasteiger partial charge < -0.3 is 10.1 Å². The highest BCUT2D eigenvalue weighted by molar-refractivity contribution is 5.86. The third-order valence-electron chi connectivity index (χ3n) is 5.24. The van der Waals surface area contributed by atoms with Crippen molar-refractivity contribution < 1.29 is 4.74 Å². The molecule has 130 valence electrons. The van der Waals surface area contributed by atoms with Crippen molar-refractivity contribution in [3.8, 4) is 0 Å². The lowest BCUT2D eigenvalue weighted by atomic mass is 9.95. The molecule has 2 unspecified atom stereocenters. The minimum absolute atomic E-state index is 0.105. The molecule has 4 rings (SSSR count). The minimum atomic E-state index is 0.105. The van der Waals surface area contributed by atoms with Crippen LogP contribution in [0.5, 0.6) is 0 Å². The molecule has 1 aliphatic carbocycles. The molecule has 2 aromatic rings. The third-order valence-corrected chi connectivity index (χ3v) is 5.24. The van der Waals surface area contributed by atoms with Gasteiger partial charge in [0, 0.05) is 0 Å². The summed E-state index contributed by atoms with van der Waals surface area (Å²) in [6, 6.07) is 21.4. The van der Waals surface area contributed by atoms with Gasteiger partial charge in [-0.2, -0.15) is 0 Å². The molecule has 2 atom stereocenters. The second-order valence-electron chi connectivity index (χ2n) is 7.04. The van der Waals surface area contributed by atoms with E-state index < -0.39 is 0 Å². The highest BCUT2D eigenvalue weighted by Crippen LogP contribution is 2.36. The van der Waals surface area contributed by atoms with Crippen molar-refractivity contribution in [1.29, 1.82) is 0 Å². The van der Waals surface area contributed by atoms with Gasteiger partial charge in [0.05, 0.1) is 12.1 Å². The summed E-state index contributed by atoms with van der Waals surface area (Å²) >= 11 is 0. The Balaban J connectivity index is 1.50. The number of hydrogen-bond acceptors (Lipinski definition) is 3. The summed E-state index contributed by atoms with van der Waals surface area (Å²) in [7, 11) is 0. The lowest BCUT2D eigenvalue weighted by Crippen LogP contribution is -2.30. The van der Waals surface area contributed by atoms with Crippen molar-refractivity contribution in [2.45, 2.75) is 50.3 Å². The molecule has 2 aliphatic rings. The Kier molecular flexibility index (Phi) is 5.12. The fourth-order valence-electron chi connectivity index (χ4n) is 3.89. The van der Waals surface area contributed by atoms with E-state index in [4.69, 9.17) is 9.73 Å². The van der Waals surface area contributed by atoms with E-state index in [1.54, 1.807) is 0 Å². The molecular weight excluding hydrogens is 308 g/mol. The summed E-state index contributed by atoms with van der Waals surface area (Å²) < 4.78 is 6.14. The number of amidine groups is 1. The van der Waals surface area contributed by atoms with Gasteiger partial charge in [-0.25, -0.2) is 0 Å². The monoisotopic (exact) mass is 334 g/mol. The second kappa shape index (κ2) is 7.83. The number of rotatable bonds is 5. The van der Waals surface area contributed by atoms with Gasteiger partial charge in [-0.15, -0.1) is 0 Å². The lowest BCUT2D eigenvalue weighted by molar-refractivity contribution is 0.0519. The normalized spacial score (nSPS) is 23.9. The van der Waals surface area contributed by atoms with Crippen LogP contribution in [-0.4, -0.2) is 18.5 Å². The summed E-state index contributed by atoms with van der Waals surface area (Å²) in [5.41, 5.74) is 2.52. The van der Waals surface area contributed by atoms with Crippen LogP contribution in [0.4, 0.5) is 0 Å². The van der Waals surface area contributed by atoms with Crippen molar-refractivity contribution in [2.75, 3.05) is 6.61 Å². The zero-order valence-electron chi connectivity index (χ0n) is 14.6. The van der Waals surface area contributed by atoms with Crippen LogP contribution in [0.2, 0.25) is 0 Å². The van der Waals surface area contributed by atoms with E-state index in [0.29, 0.717) is 12.7 Å². The quantitative estimate of drug-likeness (QED) is 0.850. The van der Waals surface area contributed by atoms with Crippen LogP contribution in [0.1, 0.15) is 55.3 Å². The van der Waals surface area contributed by atoms with E-state index in [2.05, 4.69) is 66.0 Å². The van der Waals surface area contributed by atoms with Gasteiger partial charge in [0.15, 0.2) is 0 Å². The summed E-state index contributed by atoms with van der Waals surface area (Å²) in [6.45, 7) is 0.595. The number of hydrogen-bond donors (Lipinski definition) is 1. The lowest BCUT2D eigenvalue weighted by Gasteiger charge is -2.22. The smallest absolute Gasteiger partial charge is 0.124 e. The predicted molar refractivity (Wildman–Crippen MR) is 102 cm³/mol. The maximum Gasteiger partial charge on any atom is 0.124 e. The van der Waals surface area contributed by atoms with E-state index in [0.717, 1.165) is 5.84 Å². The fraction of sp³-hybridized carbons (Fsp3) is 0.409.